The van der Waals surface area contributed by atoms with Crippen LogP contribution < -0.4 is 9.04 Å². The molecule has 1 atom stereocenters. The lowest BCUT2D eigenvalue weighted by molar-refractivity contribution is -0.387. The minimum atomic E-state index is -4.79. The zero-order valence-corrected chi connectivity index (χ0v) is 26.1. The van der Waals surface area contributed by atoms with Crippen molar-refractivity contribution in [3.05, 3.63) is 100.0 Å². The standard InChI is InChI=1S/C32H31F3N4O7S/c1-46-22-9-11-27-24(18-22)23(26(35)19-36-27)5-4-12-32(31(40)41)13-14-37(20-32)15-16-38(29-17-21(33)8-10-25(29)34)47(44,45)30-7-3-2-6-28(30)39(42)43/h2-3,6-11,17-19H,4-5,12-16,20H2,1H3,(H,40,41). The van der Waals surface area contributed by atoms with Crippen LogP contribution in [-0.4, -0.2) is 67.6 Å². The Kier molecular flexibility index (Phi) is 9.68. The summed E-state index contributed by atoms with van der Waals surface area (Å²) in [5, 5.41) is 22.5. The first-order valence-electron chi connectivity index (χ1n) is 14.6. The van der Waals surface area contributed by atoms with E-state index >= 15 is 0 Å². The van der Waals surface area contributed by atoms with Crippen molar-refractivity contribution in [1.29, 1.82) is 0 Å². The molecule has 1 unspecified atom stereocenters. The van der Waals surface area contributed by atoms with Crippen LogP contribution in [0.5, 0.6) is 5.75 Å². The Morgan fingerprint density at radius 2 is 1.89 bits per heavy atom. The molecule has 1 aliphatic heterocycles. The average molecular weight is 673 g/mol. The number of aromatic nitrogens is 1. The summed E-state index contributed by atoms with van der Waals surface area (Å²) in [6, 6.07) is 11.9. The van der Waals surface area contributed by atoms with E-state index in [1.165, 1.54) is 19.2 Å². The number of anilines is 1. The number of hydrogen-bond acceptors (Lipinski definition) is 8. The number of nitro groups is 1. The number of hydrogen-bond donors (Lipinski definition) is 1. The van der Waals surface area contributed by atoms with Gasteiger partial charge in [0.15, 0.2) is 4.90 Å². The summed E-state index contributed by atoms with van der Waals surface area (Å²) in [5.41, 5.74) is -1.66. The predicted octanol–water partition coefficient (Wildman–Crippen LogP) is 5.56. The van der Waals surface area contributed by atoms with Gasteiger partial charge in [-0.1, -0.05) is 12.1 Å². The number of aryl methyl sites for hydroxylation is 1. The molecular formula is C32H31F3N4O7S. The fourth-order valence-electron chi connectivity index (χ4n) is 6.05. The molecule has 0 amide bonds. The van der Waals surface area contributed by atoms with Crippen LogP contribution in [0, 0.1) is 33.0 Å². The lowest BCUT2D eigenvalue weighted by Gasteiger charge is -2.28. The number of ether oxygens (including phenoxy) is 1. The van der Waals surface area contributed by atoms with Crippen LogP contribution in [0.25, 0.3) is 10.9 Å². The number of benzene rings is 3. The van der Waals surface area contributed by atoms with E-state index in [-0.39, 0.29) is 38.9 Å². The normalized spacial score (nSPS) is 16.8. The summed E-state index contributed by atoms with van der Waals surface area (Å²) in [6.45, 7) is -0.281. The minimum absolute atomic E-state index is 0.0146. The van der Waals surface area contributed by atoms with Crippen LogP contribution in [0.3, 0.4) is 0 Å². The van der Waals surface area contributed by atoms with Gasteiger partial charge in [0, 0.05) is 37.2 Å². The van der Waals surface area contributed by atoms with Gasteiger partial charge in [0.1, 0.15) is 23.2 Å². The lowest BCUT2D eigenvalue weighted by atomic mass is 9.81. The molecule has 0 saturated carbocycles. The number of nitrogens with zero attached hydrogens (tertiary/aromatic N) is 4. The first-order valence-corrected chi connectivity index (χ1v) is 16.1. The second-order valence-electron chi connectivity index (χ2n) is 11.3. The van der Waals surface area contributed by atoms with Gasteiger partial charge in [-0.2, -0.15) is 0 Å². The number of rotatable bonds is 13. The Bertz CT molecular complexity index is 1950. The zero-order valence-electron chi connectivity index (χ0n) is 25.2. The molecule has 11 nitrogen and oxygen atoms in total. The Labute approximate surface area is 268 Å². The molecule has 1 N–H and O–H groups in total. The van der Waals surface area contributed by atoms with Crippen molar-refractivity contribution in [2.24, 2.45) is 5.41 Å². The highest BCUT2D eigenvalue weighted by Gasteiger charge is 2.44. The van der Waals surface area contributed by atoms with Crippen LogP contribution in [0.15, 0.2) is 71.8 Å². The summed E-state index contributed by atoms with van der Waals surface area (Å²) in [7, 11) is -3.29. The van der Waals surface area contributed by atoms with E-state index in [1.54, 1.807) is 23.1 Å². The molecule has 1 aromatic heterocycles. The number of fused-ring (bicyclic) bond motifs is 1. The molecule has 47 heavy (non-hydrogen) atoms. The molecule has 1 fully saturated rings. The van der Waals surface area contributed by atoms with Crippen molar-refractivity contribution in [2.75, 3.05) is 37.6 Å². The molecule has 3 aromatic carbocycles. The summed E-state index contributed by atoms with van der Waals surface area (Å²) in [6.07, 6.45) is 2.07. The largest absolute Gasteiger partial charge is 0.497 e. The van der Waals surface area contributed by atoms with Gasteiger partial charge in [-0.15, -0.1) is 0 Å². The SMILES string of the molecule is COc1ccc2ncc(F)c(CCCC3(C(=O)O)CCN(CCN(c4cc(F)ccc4F)S(=O)(=O)c4ccccc4[N+](=O)[O-])C3)c2c1. The van der Waals surface area contributed by atoms with Crippen LogP contribution >= 0.6 is 0 Å². The number of para-hydroxylation sites is 1. The van der Waals surface area contributed by atoms with Gasteiger partial charge in [0.05, 0.1) is 34.8 Å². The molecule has 0 spiro atoms. The van der Waals surface area contributed by atoms with E-state index in [0.29, 0.717) is 39.0 Å². The third-order valence-corrected chi connectivity index (χ3v) is 10.4. The van der Waals surface area contributed by atoms with E-state index in [1.807, 2.05) is 0 Å². The molecule has 1 aliphatic rings. The number of nitro benzene ring substituents is 1. The van der Waals surface area contributed by atoms with E-state index in [4.69, 9.17) is 4.74 Å². The van der Waals surface area contributed by atoms with Gasteiger partial charge >= 0.3 is 5.97 Å². The Hall–Kier alpha value is -4.76. The topological polar surface area (TPSA) is 143 Å². The fourth-order valence-corrected chi connectivity index (χ4v) is 7.66. The van der Waals surface area contributed by atoms with Crippen LogP contribution in [-0.2, 0) is 21.2 Å². The monoisotopic (exact) mass is 672 g/mol. The van der Waals surface area contributed by atoms with E-state index in [9.17, 15) is 41.6 Å². The molecule has 5 rings (SSSR count). The number of likely N-dealkylation sites (tertiary alicyclic amines) is 1. The molecular weight excluding hydrogens is 641 g/mol. The molecule has 0 radical (unpaired) electrons. The molecule has 0 bridgehead atoms. The Morgan fingerprint density at radius 1 is 1.13 bits per heavy atom. The molecule has 15 heteroatoms. The van der Waals surface area contributed by atoms with Gasteiger partial charge in [0.2, 0.25) is 0 Å². The molecule has 4 aromatic rings. The quantitative estimate of drug-likeness (QED) is 0.143. The molecule has 0 aliphatic carbocycles. The van der Waals surface area contributed by atoms with Gasteiger partial charge in [0.25, 0.3) is 15.7 Å². The van der Waals surface area contributed by atoms with Gasteiger partial charge < -0.3 is 14.7 Å². The maximum Gasteiger partial charge on any atom is 0.310 e. The minimum Gasteiger partial charge on any atom is -0.497 e. The molecule has 248 valence electrons. The summed E-state index contributed by atoms with van der Waals surface area (Å²) in [4.78, 5) is 28.4. The highest BCUT2D eigenvalue weighted by molar-refractivity contribution is 7.93. The second-order valence-corrected chi connectivity index (χ2v) is 13.2. The summed E-state index contributed by atoms with van der Waals surface area (Å²) in [5.74, 6) is -3.05. The highest BCUT2D eigenvalue weighted by atomic mass is 32.2. The second kappa shape index (κ2) is 13.5. The van der Waals surface area contributed by atoms with Crippen molar-refractivity contribution in [3.8, 4) is 5.75 Å². The Morgan fingerprint density at radius 3 is 2.62 bits per heavy atom. The van der Waals surface area contributed by atoms with Crippen molar-refractivity contribution in [2.45, 2.75) is 30.6 Å². The number of sulfonamides is 1. The number of carboxylic acid groups (broad SMARTS) is 1. The van der Waals surface area contributed by atoms with Crippen LogP contribution in [0.4, 0.5) is 24.5 Å². The number of aliphatic carboxylic acids is 1. The lowest BCUT2D eigenvalue weighted by Crippen LogP contribution is -2.40. The molecule has 1 saturated heterocycles. The fraction of sp³-hybridized carbons (Fsp3) is 0.312. The van der Waals surface area contributed by atoms with Crippen molar-refractivity contribution in [1.82, 2.24) is 9.88 Å². The van der Waals surface area contributed by atoms with Crippen molar-refractivity contribution in [3.63, 3.8) is 0 Å². The third kappa shape index (κ3) is 6.86. The smallest absolute Gasteiger partial charge is 0.310 e. The van der Waals surface area contributed by atoms with Gasteiger partial charge in [-0.05, 0) is 74.2 Å². The summed E-state index contributed by atoms with van der Waals surface area (Å²) >= 11 is 0. The summed E-state index contributed by atoms with van der Waals surface area (Å²) < 4.78 is 77.4. The Balaban J connectivity index is 1.35. The maximum atomic E-state index is 15.0. The van der Waals surface area contributed by atoms with Crippen molar-refractivity contribution < 1.29 is 41.2 Å². The zero-order chi connectivity index (χ0) is 33.9. The number of carboxylic acids is 1. The first kappa shape index (κ1) is 33.6. The maximum absolute atomic E-state index is 15.0. The van der Waals surface area contributed by atoms with Crippen molar-refractivity contribution >= 4 is 38.3 Å². The van der Waals surface area contributed by atoms with Crippen LogP contribution in [0.1, 0.15) is 24.8 Å². The number of carbonyl (C=O) groups is 1. The third-order valence-electron chi connectivity index (χ3n) is 8.53. The first-order chi connectivity index (χ1) is 22.4. The average Bonchev–Trinajstić information content (AvgIpc) is 3.47. The number of halogens is 3. The van der Waals surface area contributed by atoms with Gasteiger partial charge in [-0.25, -0.2) is 21.6 Å². The number of methoxy groups -OCH3 is 1. The highest BCUT2D eigenvalue weighted by Crippen LogP contribution is 2.38. The van der Waals surface area contributed by atoms with E-state index in [2.05, 4.69) is 4.98 Å². The van der Waals surface area contributed by atoms with E-state index in [0.717, 1.165) is 30.5 Å². The van der Waals surface area contributed by atoms with Gasteiger partial charge in [-0.3, -0.25) is 24.2 Å². The van der Waals surface area contributed by atoms with Crippen LogP contribution in [0.2, 0.25) is 0 Å². The van der Waals surface area contributed by atoms with E-state index < -0.39 is 66.6 Å². The predicted molar refractivity (Wildman–Crippen MR) is 166 cm³/mol. The number of pyridine rings is 1. The molecule has 2 heterocycles.